The van der Waals surface area contributed by atoms with E-state index in [2.05, 4.69) is 10.3 Å². The Labute approximate surface area is 182 Å². The van der Waals surface area contributed by atoms with Crippen LogP contribution < -0.4 is 15.0 Å². The fourth-order valence-electron chi connectivity index (χ4n) is 3.25. The molecular formula is C22H21N3O5S. The second-order valence-electron chi connectivity index (χ2n) is 6.92. The van der Waals surface area contributed by atoms with Crippen LogP contribution in [0.25, 0.3) is 10.2 Å². The molecule has 160 valence electrons. The molecule has 1 aliphatic rings. The zero-order valence-electron chi connectivity index (χ0n) is 16.9. The SMILES string of the molecule is CCN(C(=O)COC(=O)COc1ccc2c(c1)CCC(=O)N2)c1nc2ccccc2s1. The number of thiazole rings is 1. The van der Waals surface area contributed by atoms with E-state index in [-0.39, 0.29) is 25.0 Å². The molecule has 0 fully saturated rings. The number of ether oxygens (including phenoxy) is 2. The predicted molar refractivity (Wildman–Crippen MR) is 117 cm³/mol. The zero-order valence-corrected chi connectivity index (χ0v) is 17.7. The number of benzene rings is 2. The number of carbonyl (C=O) groups excluding carboxylic acids is 3. The van der Waals surface area contributed by atoms with E-state index in [1.54, 1.807) is 18.2 Å². The molecule has 3 aromatic rings. The minimum Gasteiger partial charge on any atom is -0.482 e. The van der Waals surface area contributed by atoms with Crippen molar-refractivity contribution < 1.29 is 23.9 Å². The van der Waals surface area contributed by atoms with Gasteiger partial charge in [0.2, 0.25) is 5.91 Å². The number of aryl methyl sites for hydroxylation is 1. The maximum atomic E-state index is 12.6. The third-order valence-electron chi connectivity index (χ3n) is 4.82. The highest BCUT2D eigenvalue weighted by molar-refractivity contribution is 7.22. The Morgan fingerprint density at radius 2 is 2.00 bits per heavy atom. The first-order chi connectivity index (χ1) is 15.0. The van der Waals surface area contributed by atoms with Gasteiger partial charge in [-0.2, -0.15) is 0 Å². The molecule has 0 aliphatic carbocycles. The largest absolute Gasteiger partial charge is 0.482 e. The molecular weight excluding hydrogens is 418 g/mol. The summed E-state index contributed by atoms with van der Waals surface area (Å²) in [6, 6.07) is 12.9. The number of likely N-dealkylation sites (N-methyl/N-ethyl adjacent to an activating group) is 1. The van der Waals surface area contributed by atoms with Crippen molar-refractivity contribution in [3.8, 4) is 5.75 Å². The lowest BCUT2D eigenvalue weighted by Gasteiger charge is -2.18. The van der Waals surface area contributed by atoms with Crippen molar-refractivity contribution in [2.24, 2.45) is 0 Å². The van der Waals surface area contributed by atoms with Crippen molar-refractivity contribution >= 4 is 50.2 Å². The van der Waals surface area contributed by atoms with Crippen LogP contribution in [0.4, 0.5) is 10.8 Å². The van der Waals surface area contributed by atoms with Gasteiger partial charge in [-0.3, -0.25) is 14.5 Å². The Hall–Kier alpha value is -3.46. The number of nitrogens with zero attached hydrogens (tertiary/aromatic N) is 2. The number of para-hydroxylation sites is 1. The topological polar surface area (TPSA) is 97.8 Å². The molecule has 0 saturated heterocycles. The van der Waals surface area contributed by atoms with Crippen molar-refractivity contribution in [2.45, 2.75) is 19.8 Å². The second kappa shape index (κ2) is 9.13. The molecule has 0 radical (unpaired) electrons. The predicted octanol–water partition coefficient (Wildman–Crippen LogP) is 3.16. The van der Waals surface area contributed by atoms with Crippen LogP contribution in [0.2, 0.25) is 0 Å². The first-order valence-electron chi connectivity index (χ1n) is 9.90. The van der Waals surface area contributed by atoms with E-state index in [4.69, 9.17) is 9.47 Å². The number of esters is 1. The Morgan fingerprint density at radius 1 is 1.16 bits per heavy atom. The second-order valence-corrected chi connectivity index (χ2v) is 7.93. The van der Waals surface area contributed by atoms with E-state index in [1.165, 1.54) is 16.2 Å². The molecule has 4 rings (SSSR count). The highest BCUT2D eigenvalue weighted by Crippen LogP contribution is 2.29. The number of hydrogen-bond acceptors (Lipinski definition) is 7. The first kappa shape index (κ1) is 20.8. The van der Waals surface area contributed by atoms with E-state index in [0.717, 1.165) is 21.5 Å². The molecule has 0 atom stereocenters. The fraction of sp³-hybridized carbons (Fsp3) is 0.273. The standard InChI is InChI=1S/C22H21N3O5S/c1-2-25(22-24-17-5-3-4-6-18(17)31-22)20(27)12-30-21(28)13-29-15-8-9-16-14(11-15)7-10-19(26)23-16/h3-6,8-9,11H,2,7,10,12-13H2,1H3,(H,23,26). The number of rotatable bonds is 7. The van der Waals surface area contributed by atoms with Crippen LogP contribution in [-0.4, -0.2) is 42.5 Å². The summed E-state index contributed by atoms with van der Waals surface area (Å²) in [6.07, 6.45) is 1.04. The lowest BCUT2D eigenvalue weighted by atomic mass is 10.0. The first-order valence-corrected chi connectivity index (χ1v) is 10.7. The monoisotopic (exact) mass is 439 g/mol. The van der Waals surface area contributed by atoms with Crippen LogP contribution in [0.3, 0.4) is 0 Å². The van der Waals surface area contributed by atoms with Gasteiger partial charge in [0.15, 0.2) is 18.3 Å². The van der Waals surface area contributed by atoms with Crippen LogP contribution in [-0.2, 0) is 25.5 Å². The van der Waals surface area contributed by atoms with Crippen molar-refractivity contribution in [3.63, 3.8) is 0 Å². The van der Waals surface area contributed by atoms with Crippen LogP contribution in [0.1, 0.15) is 18.9 Å². The van der Waals surface area contributed by atoms with Gasteiger partial charge in [0, 0.05) is 18.7 Å². The molecule has 2 heterocycles. The highest BCUT2D eigenvalue weighted by atomic mass is 32.1. The number of amides is 2. The summed E-state index contributed by atoms with van der Waals surface area (Å²) in [4.78, 5) is 42.0. The van der Waals surface area contributed by atoms with Gasteiger partial charge in [-0.15, -0.1) is 0 Å². The molecule has 9 heteroatoms. The quantitative estimate of drug-likeness (QED) is 0.568. The number of anilines is 2. The van der Waals surface area contributed by atoms with E-state index < -0.39 is 5.97 Å². The van der Waals surface area contributed by atoms with E-state index in [9.17, 15) is 14.4 Å². The van der Waals surface area contributed by atoms with Gasteiger partial charge in [-0.05, 0) is 49.2 Å². The third kappa shape index (κ3) is 4.83. The highest BCUT2D eigenvalue weighted by Gasteiger charge is 2.20. The summed E-state index contributed by atoms with van der Waals surface area (Å²) in [5, 5.41) is 3.36. The molecule has 0 saturated carbocycles. The molecule has 1 aliphatic heterocycles. The van der Waals surface area contributed by atoms with E-state index in [1.807, 2.05) is 31.2 Å². The van der Waals surface area contributed by atoms with Crippen molar-refractivity contribution in [3.05, 3.63) is 48.0 Å². The number of nitrogens with one attached hydrogen (secondary N) is 1. The van der Waals surface area contributed by atoms with Gasteiger partial charge in [0.05, 0.1) is 10.2 Å². The molecule has 0 bridgehead atoms. The van der Waals surface area contributed by atoms with Crippen LogP contribution in [0.5, 0.6) is 5.75 Å². The molecule has 2 aromatic carbocycles. The van der Waals surface area contributed by atoms with Crippen molar-refractivity contribution in [1.82, 2.24) is 4.98 Å². The Kier molecular flexibility index (Phi) is 6.13. The normalized spacial score (nSPS) is 12.7. The third-order valence-corrected chi connectivity index (χ3v) is 5.88. The molecule has 8 nitrogen and oxygen atoms in total. The zero-order chi connectivity index (χ0) is 21.8. The Balaban J connectivity index is 1.29. The maximum Gasteiger partial charge on any atom is 0.344 e. The van der Waals surface area contributed by atoms with Gasteiger partial charge in [0.25, 0.3) is 5.91 Å². The molecule has 31 heavy (non-hydrogen) atoms. The maximum absolute atomic E-state index is 12.6. The number of carbonyl (C=O) groups is 3. The van der Waals surface area contributed by atoms with Gasteiger partial charge in [-0.1, -0.05) is 23.5 Å². The number of aromatic nitrogens is 1. The molecule has 1 aromatic heterocycles. The van der Waals surface area contributed by atoms with Crippen LogP contribution in [0.15, 0.2) is 42.5 Å². The van der Waals surface area contributed by atoms with Gasteiger partial charge < -0.3 is 14.8 Å². The molecule has 1 N–H and O–H groups in total. The minimum atomic E-state index is -0.639. The summed E-state index contributed by atoms with van der Waals surface area (Å²) >= 11 is 1.41. The van der Waals surface area contributed by atoms with Crippen molar-refractivity contribution in [1.29, 1.82) is 0 Å². The summed E-state index contributed by atoms with van der Waals surface area (Å²) in [7, 11) is 0. The minimum absolute atomic E-state index is 0.0126. The van der Waals surface area contributed by atoms with E-state index in [0.29, 0.717) is 30.3 Å². The summed E-state index contributed by atoms with van der Waals surface area (Å²) in [5.74, 6) is -0.497. The van der Waals surface area contributed by atoms with Gasteiger partial charge >= 0.3 is 5.97 Å². The lowest BCUT2D eigenvalue weighted by molar-refractivity contribution is -0.149. The lowest BCUT2D eigenvalue weighted by Crippen LogP contribution is -2.35. The Bertz CT molecular complexity index is 1110. The average Bonchev–Trinajstić information content (AvgIpc) is 3.20. The Morgan fingerprint density at radius 3 is 2.81 bits per heavy atom. The van der Waals surface area contributed by atoms with Crippen molar-refractivity contribution in [2.75, 3.05) is 30.0 Å². The van der Waals surface area contributed by atoms with Gasteiger partial charge in [0.1, 0.15) is 5.75 Å². The van der Waals surface area contributed by atoms with E-state index >= 15 is 0 Å². The van der Waals surface area contributed by atoms with Crippen LogP contribution >= 0.6 is 11.3 Å². The number of fused-ring (bicyclic) bond motifs is 2. The van der Waals surface area contributed by atoms with Crippen LogP contribution in [0, 0.1) is 0 Å². The summed E-state index contributed by atoms with van der Waals surface area (Å²) in [6.45, 7) is 1.56. The molecule has 2 amide bonds. The molecule has 0 unspecified atom stereocenters. The smallest absolute Gasteiger partial charge is 0.344 e. The van der Waals surface area contributed by atoms with Gasteiger partial charge in [-0.25, -0.2) is 9.78 Å². The average molecular weight is 439 g/mol. The summed E-state index contributed by atoms with van der Waals surface area (Å²) in [5.41, 5.74) is 2.53. The number of hydrogen-bond donors (Lipinski definition) is 1. The summed E-state index contributed by atoms with van der Waals surface area (Å²) < 4.78 is 11.6. The molecule has 0 spiro atoms. The fourth-order valence-corrected chi connectivity index (χ4v) is 4.29.